The van der Waals surface area contributed by atoms with Gasteiger partial charge in [-0.15, -0.1) is 0 Å². The maximum Gasteiger partial charge on any atom is 0.246 e. The zero-order valence-corrected chi connectivity index (χ0v) is 15.9. The Morgan fingerprint density at radius 3 is 2.19 bits per heavy atom. The first-order valence-corrected chi connectivity index (χ1v) is 10.1. The number of benzene rings is 2. The van der Waals surface area contributed by atoms with Crippen molar-refractivity contribution in [3.8, 4) is 5.75 Å². The highest BCUT2D eigenvalue weighted by Gasteiger charge is 2.29. The van der Waals surface area contributed by atoms with Crippen LogP contribution in [0, 0.1) is 0 Å². The molecule has 0 radical (unpaired) electrons. The van der Waals surface area contributed by atoms with Gasteiger partial charge in [-0.2, -0.15) is 4.31 Å². The summed E-state index contributed by atoms with van der Waals surface area (Å²) in [6.45, 7) is 1.29. The van der Waals surface area contributed by atoms with Gasteiger partial charge in [0, 0.05) is 32.3 Å². The second-order valence-electron chi connectivity index (χ2n) is 6.15. The van der Waals surface area contributed by atoms with E-state index in [2.05, 4.69) is 0 Å². The minimum atomic E-state index is -3.57. The van der Waals surface area contributed by atoms with Crippen molar-refractivity contribution in [2.24, 2.45) is 0 Å². The average Bonchev–Trinajstić information content (AvgIpc) is 2.73. The summed E-state index contributed by atoms with van der Waals surface area (Å²) in [7, 11) is -2.04. The van der Waals surface area contributed by atoms with E-state index in [0.29, 0.717) is 18.8 Å². The monoisotopic (exact) mass is 386 g/mol. The minimum Gasteiger partial charge on any atom is -0.497 e. The summed E-state index contributed by atoms with van der Waals surface area (Å²) >= 11 is 0. The molecule has 0 N–H and O–H groups in total. The van der Waals surface area contributed by atoms with Crippen LogP contribution in [0.5, 0.6) is 5.75 Å². The molecule has 1 saturated heterocycles. The second-order valence-corrected chi connectivity index (χ2v) is 8.09. The molecule has 0 unspecified atom stereocenters. The van der Waals surface area contributed by atoms with Crippen molar-refractivity contribution < 1.29 is 17.9 Å². The van der Waals surface area contributed by atoms with Gasteiger partial charge in [-0.25, -0.2) is 8.42 Å². The van der Waals surface area contributed by atoms with E-state index in [9.17, 15) is 13.2 Å². The van der Waals surface area contributed by atoms with Gasteiger partial charge in [0.05, 0.1) is 12.0 Å². The van der Waals surface area contributed by atoms with Gasteiger partial charge < -0.3 is 9.64 Å². The second kappa shape index (κ2) is 8.37. The van der Waals surface area contributed by atoms with Crippen LogP contribution >= 0.6 is 0 Å². The average molecular weight is 386 g/mol. The van der Waals surface area contributed by atoms with E-state index in [1.165, 1.54) is 29.6 Å². The number of sulfonamides is 1. The van der Waals surface area contributed by atoms with Gasteiger partial charge in [0.25, 0.3) is 0 Å². The first-order chi connectivity index (χ1) is 13.0. The van der Waals surface area contributed by atoms with Crippen molar-refractivity contribution in [2.75, 3.05) is 33.3 Å². The van der Waals surface area contributed by atoms with Crippen LogP contribution in [0.4, 0.5) is 0 Å². The van der Waals surface area contributed by atoms with Crippen molar-refractivity contribution >= 4 is 22.0 Å². The molecule has 0 spiro atoms. The van der Waals surface area contributed by atoms with E-state index in [4.69, 9.17) is 4.74 Å². The normalized spacial score (nSPS) is 15.8. The van der Waals surface area contributed by atoms with Gasteiger partial charge >= 0.3 is 0 Å². The molecule has 2 aromatic rings. The minimum absolute atomic E-state index is 0.111. The third kappa shape index (κ3) is 4.56. The zero-order chi connectivity index (χ0) is 19.3. The Kier molecular flexibility index (Phi) is 5.93. The molecule has 27 heavy (non-hydrogen) atoms. The van der Waals surface area contributed by atoms with E-state index in [1.807, 2.05) is 30.3 Å². The Morgan fingerprint density at radius 1 is 0.963 bits per heavy atom. The molecule has 3 rings (SSSR count). The standard InChI is InChI=1S/C20H22N2O4S/c1-26-18-8-10-19(11-9-18)27(24,25)22-15-13-21(14-16-22)20(23)12-7-17-5-3-2-4-6-17/h2-12H,13-16H2,1H3/b12-7+. The molecule has 2 aromatic carbocycles. The number of methoxy groups -OCH3 is 1. The zero-order valence-electron chi connectivity index (χ0n) is 15.1. The van der Waals surface area contributed by atoms with Crippen LogP contribution in [0.2, 0.25) is 0 Å². The maximum absolute atomic E-state index is 12.7. The summed E-state index contributed by atoms with van der Waals surface area (Å²) in [5, 5.41) is 0. The number of carbonyl (C=O) groups is 1. The van der Waals surface area contributed by atoms with Crippen molar-refractivity contribution in [1.82, 2.24) is 9.21 Å². The van der Waals surface area contributed by atoms with Gasteiger partial charge in [-0.05, 0) is 35.9 Å². The summed E-state index contributed by atoms with van der Waals surface area (Å²) in [6, 6.07) is 15.9. The maximum atomic E-state index is 12.7. The Morgan fingerprint density at radius 2 is 1.59 bits per heavy atom. The quantitative estimate of drug-likeness (QED) is 0.739. The molecule has 1 fully saturated rings. The molecule has 0 aromatic heterocycles. The van der Waals surface area contributed by atoms with E-state index in [0.717, 1.165) is 5.56 Å². The van der Waals surface area contributed by atoms with Gasteiger partial charge in [0.1, 0.15) is 5.75 Å². The first-order valence-electron chi connectivity index (χ1n) is 8.67. The van der Waals surface area contributed by atoms with Crippen molar-refractivity contribution in [3.63, 3.8) is 0 Å². The summed E-state index contributed by atoms with van der Waals surface area (Å²) in [4.78, 5) is 14.2. The van der Waals surface area contributed by atoms with Crippen molar-refractivity contribution in [1.29, 1.82) is 0 Å². The molecular formula is C20H22N2O4S. The molecule has 142 valence electrons. The van der Waals surface area contributed by atoms with Gasteiger partial charge in [0.15, 0.2) is 0 Å². The number of hydrogen-bond donors (Lipinski definition) is 0. The molecule has 0 atom stereocenters. The van der Waals surface area contributed by atoms with E-state index >= 15 is 0 Å². The van der Waals surface area contributed by atoms with Crippen LogP contribution in [-0.2, 0) is 14.8 Å². The molecule has 0 aliphatic carbocycles. The highest BCUT2D eigenvalue weighted by Crippen LogP contribution is 2.20. The highest BCUT2D eigenvalue weighted by molar-refractivity contribution is 7.89. The Bertz CT molecular complexity index is 901. The fraction of sp³-hybridized carbons (Fsp3) is 0.250. The fourth-order valence-corrected chi connectivity index (χ4v) is 4.30. The lowest BCUT2D eigenvalue weighted by molar-refractivity contribution is -0.127. The van der Waals surface area contributed by atoms with Crippen LogP contribution in [0.25, 0.3) is 6.08 Å². The van der Waals surface area contributed by atoms with Crippen LogP contribution in [0.1, 0.15) is 5.56 Å². The van der Waals surface area contributed by atoms with Gasteiger partial charge in [0.2, 0.25) is 15.9 Å². The van der Waals surface area contributed by atoms with E-state index in [-0.39, 0.29) is 23.9 Å². The predicted molar refractivity (Wildman–Crippen MR) is 104 cm³/mol. The lowest BCUT2D eigenvalue weighted by Gasteiger charge is -2.33. The Labute approximate surface area is 159 Å². The molecule has 7 heteroatoms. The molecule has 1 amide bonds. The third-order valence-corrected chi connectivity index (χ3v) is 6.38. The van der Waals surface area contributed by atoms with Crippen molar-refractivity contribution in [2.45, 2.75) is 4.90 Å². The molecule has 1 heterocycles. The molecule has 1 aliphatic heterocycles. The number of nitrogens with zero attached hydrogens (tertiary/aromatic N) is 2. The number of carbonyl (C=O) groups excluding carboxylic acids is 1. The number of piperazine rings is 1. The first kappa shape index (κ1) is 19.1. The van der Waals surface area contributed by atoms with Crippen molar-refractivity contribution in [3.05, 3.63) is 66.2 Å². The molecule has 1 aliphatic rings. The summed E-state index contributed by atoms with van der Waals surface area (Å²) in [5.41, 5.74) is 0.951. The summed E-state index contributed by atoms with van der Waals surface area (Å²) < 4.78 is 32.0. The largest absolute Gasteiger partial charge is 0.497 e. The smallest absolute Gasteiger partial charge is 0.246 e. The summed E-state index contributed by atoms with van der Waals surface area (Å²) in [6.07, 6.45) is 3.30. The van der Waals surface area contributed by atoms with Gasteiger partial charge in [-0.1, -0.05) is 30.3 Å². The molecule has 0 bridgehead atoms. The Hall–Kier alpha value is -2.64. The molecule has 0 saturated carbocycles. The fourth-order valence-electron chi connectivity index (χ4n) is 2.88. The number of ether oxygens (including phenoxy) is 1. The Balaban J connectivity index is 1.60. The van der Waals surface area contributed by atoms with Crippen LogP contribution in [0.15, 0.2) is 65.6 Å². The SMILES string of the molecule is COc1ccc(S(=O)(=O)N2CCN(C(=O)/C=C/c3ccccc3)CC2)cc1. The number of rotatable bonds is 5. The number of hydrogen-bond acceptors (Lipinski definition) is 4. The summed E-state index contributed by atoms with van der Waals surface area (Å²) in [5.74, 6) is 0.495. The lowest BCUT2D eigenvalue weighted by Crippen LogP contribution is -2.50. The topological polar surface area (TPSA) is 66.9 Å². The van der Waals surface area contributed by atoms with Crippen LogP contribution in [0.3, 0.4) is 0 Å². The molecular weight excluding hydrogens is 364 g/mol. The van der Waals surface area contributed by atoms with Crippen LogP contribution < -0.4 is 4.74 Å². The number of amides is 1. The highest BCUT2D eigenvalue weighted by atomic mass is 32.2. The molecule has 6 nitrogen and oxygen atoms in total. The third-order valence-electron chi connectivity index (χ3n) is 4.47. The lowest BCUT2D eigenvalue weighted by atomic mass is 10.2. The van der Waals surface area contributed by atoms with Crippen LogP contribution in [-0.4, -0.2) is 56.8 Å². The van der Waals surface area contributed by atoms with Gasteiger partial charge in [-0.3, -0.25) is 4.79 Å². The van der Waals surface area contributed by atoms with E-state index < -0.39 is 10.0 Å². The predicted octanol–water partition coefficient (Wildman–Crippen LogP) is 2.24. The van der Waals surface area contributed by atoms with E-state index in [1.54, 1.807) is 23.1 Å².